The number of nitrogens with zero attached hydrogens (tertiary/aromatic N) is 6. The number of aromatic nitrogens is 5. The Morgan fingerprint density at radius 1 is 1.00 bits per heavy atom. The summed E-state index contributed by atoms with van der Waals surface area (Å²) in [6.07, 6.45) is 0. The number of benzene rings is 2. The van der Waals surface area contributed by atoms with E-state index in [1.54, 1.807) is 0 Å². The first-order valence-corrected chi connectivity index (χ1v) is 9.52. The number of nitrogen functional groups attached to an aromatic ring is 1. The van der Waals surface area contributed by atoms with Crippen LogP contribution < -0.4 is 11.1 Å². The van der Waals surface area contributed by atoms with Gasteiger partial charge >= 0.3 is 0 Å². The Balaban J connectivity index is 1.46. The molecule has 0 radical (unpaired) electrons. The Morgan fingerprint density at radius 2 is 1.86 bits per heavy atom. The minimum Gasteiger partial charge on any atom is -0.368 e. The quantitative estimate of drug-likeness (QED) is 0.515. The van der Waals surface area contributed by atoms with Crippen LogP contribution in [0.15, 0.2) is 42.5 Å². The minimum absolute atomic E-state index is 0.198. The van der Waals surface area contributed by atoms with E-state index in [4.69, 9.17) is 5.73 Å². The van der Waals surface area contributed by atoms with Gasteiger partial charge in [0.25, 0.3) is 0 Å². The predicted octanol–water partition coefficient (Wildman–Crippen LogP) is 3.14. The number of fused-ring (bicyclic) bond motifs is 1. The molecule has 3 N–H and O–H groups in total. The summed E-state index contributed by atoms with van der Waals surface area (Å²) in [6.45, 7) is 3.31. The third kappa shape index (κ3) is 4.38. The highest BCUT2D eigenvalue weighted by molar-refractivity contribution is 7.00. The van der Waals surface area contributed by atoms with Crippen molar-refractivity contribution in [1.82, 2.24) is 28.6 Å². The van der Waals surface area contributed by atoms with Gasteiger partial charge in [0.2, 0.25) is 11.9 Å². The van der Waals surface area contributed by atoms with Gasteiger partial charge in [-0.2, -0.15) is 23.7 Å². The highest BCUT2D eigenvalue weighted by atomic mass is 32.1. The molecule has 0 fully saturated rings. The monoisotopic (exact) mass is 392 g/mol. The summed E-state index contributed by atoms with van der Waals surface area (Å²) in [7, 11) is 2.01. The Kier molecular flexibility index (Phi) is 5.09. The van der Waals surface area contributed by atoms with Crippen molar-refractivity contribution >= 4 is 40.3 Å². The van der Waals surface area contributed by atoms with Gasteiger partial charge in [0.05, 0.1) is 18.3 Å². The molecule has 0 unspecified atom stereocenters. The number of aryl methyl sites for hydroxylation is 1. The molecule has 9 heteroatoms. The summed E-state index contributed by atoms with van der Waals surface area (Å²) < 4.78 is 8.53. The van der Waals surface area contributed by atoms with Crippen LogP contribution in [0.4, 0.5) is 17.6 Å². The SMILES string of the molecule is Cc1cccc(Nc2nc(N)nc(CN(C)Cc3ccc4nsnc4c3)n2)c1. The van der Waals surface area contributed by atoms with E-state index < -0.39 is 0 Å². The minimum atomic E-state index is 0.198. The lowest BCUT2D eigenvalue weighted by atomic mass is 10.2. The Morgan fingerprint density at radius 3 is 2.71 bits per heavy atom. The molecule has 4 rings (SSSR count). The molecule has 142 valence electrons. The summed E-state index contributed by atoms with van der Waals surface area (Å²) >= 11 is 1.23. The van der Waals surface area contributed by atoms with Crippen LogP contribution in [0.5, 0.6) is 0 Å². The third-order valence-corrected chi connectivity index (χ3v) is 4.71. The van der Waals surface area contributed by atoms with Crippen LogP contribution in [0.1, 0.15) is 17.0 Å². The molecule has 4 aromatic rings. The lowest BCUT2D eigenvalue weighted by Crippen LogP contribution is -2.20. The lowest BCUT2D eigenvalue weighted by Gasteiger charge is -2.16. The third-order valence-electron chi connectivity index (χ3n) is 4.16. The van der Waals surface area contributed by atoms with Crippen molar-refractivity contribution in [2.75, 3.05) is 18.1 Å². The molecule has 0 atom stereocenters. The summed E-state index contributed by atoms with van der Waals surface area (Å²) in [5.41, 5.74) is 11.0. The number of nitrogens with two attached hydrogens (primary N) is 1. The predicted molar refractivity (Wildman–Crippen MR) is 111 cm³/mol. The number of hydrogen-bond acceptors (Lipinski definition) is 9. The second-order valence-electron chi connectivity index (χ2n) is 6.69. The molecule has 0 aliphatic rings. The van der Waals surface area contributed by atoms with E-state index in [0.29, 0.717) is 18.3 Å². The summed E-state index contributed by atoms with van der Waals surface area (Å²) in [6, 6.07) is 14.1. The number of rotatable bonds is 6. The van der Waals surface area contributed by atoms with Gasteiger partial charge in [-0.1, -0.05) is 18.2 Å². The fourth-order valence-corrected chi connectivity index (χ4v) is 3.47. The van der Waals surface area contributed by atoms with Crippen LogP contribution in [0, 0.1) is 6.92 Å². The highest BCUT2D eigenvalue weighted by Crippen LogP contribution is 2.17. The molecular weight excluding hydrogens is 372 g/mol. The highest BCUT2D eigenvalue weighted by Gasteiger charge is 2.10. The molecule has 0 saturated carbocycles. The standard InChI is InChI=1S/C19H20N8S/c1-12-4-3-5-14(8-12)21-19-23-17(22-18(20)24-19)11-27(2)10-13-6-7-15-16(9-13)26-28-25-15/h3-9H,10-11H2,1-2H3,(H3,20,21,22,23,24). The first kappa shape index (κ1) is 18.2. The molecule has 2 aromatic carbocycles. The van der Waals surface area contributed by atoms with Crippen LogP contribution in [0.2, 0.25) is 0 Å². The molecule has 8 nitrogen and oxygen atoms in total. The van der Waals surface area contributed by atoms with Crippen LogP contribution in [0.3, 0.4) is 0 Å². The van der Waals surface area contributed by atoms with Gasteiger partial charge < -0.3 is 11.1 Å². The van der Waals surface area contributed by atoms with Gasteiger partial charge in [0.1, 0.15) is 16.9 Å². The maximum absolute atomic E-state index is 5.89. The van der Waals surface area contributed by atoms with Crippen molar-refractivity contribution in [2.24, 2.45) is 0 Å². The fraction of sp³-hybridized carbons (Fsp3) is 0.211. The van der Waals surface area contributed by atoms with Gasteiger partial charge in [-0.05, 0) is 49.4 Å². The number of hydrogen-bond donors (Lipinski definition) is 2. The van der Waals surface area contributed by atoms with Gasteiger partial charge in [0.15, 0.2) is 0 Å². The largest absolute Gasteiger partial charge is 0.368 e. The normalized spacial score (nSPS) is 11.2. The van der Waals surface area contributed by atoms with E-state index in [9.17, 15) is 0 Å². The molecule has 2 heterocycles. The fourth-order valence-electron chi connectivity index (χ4n) is 2.95. The van der Waals surface area contributed by atoms with Crippen molar-refractivity contribution in [3.63, 3.8) is 0 Å². The van der Waals surface area contributed by atoms with Gasteiger partial charge in [-0.15, -0.1) is 0 Å². The average Bonchev–Trinajstić information content (AvgIpc) is 3.09. The molecule has 2 aromatic heterocycles. The number of nitrogens with one attached hydrogen (secondary N) is 1. The topological polar surface area (TPSA) is 106 Å². The average molecular weight is 392 g/mol. The van der Waals surface area contributed by atoms with Gasteiger partial charge in [-0.25, -0.2) is 0 Å². The van der Waals surface area contributed by atoms with Crippen molar-refractivity contribution in [2.45, 2.75) is 20.0 Å². The van der Waals surface area contributed by atoms with E-state index in [1.165, 1.54) is 11.7 Å². The van der Waals surface area contributed by atoms with Gasteiger partial charge in [-0.3, -0.25) is 4.90 Å². The molecule has 0 saturated heterocycles. The first-order chi connectivity index (χ1) is 13.5. The summed E-state index contributed by atoms with van der Waals surface area (Å²) in [5.74, 6) is 1.25. The first-order valence-electron chi connectivity index (χ1n) is 8.79. The maximum Gasteiger partial charge on any atom is 0.232 e. The van der Waals surface area contributed by atoms with Crippen molar-refractivity contribution in [1.29, 1.82) is 0 Å². The summed E-state index contributed by atoms with van der Waals surface area (Å²) in [5, 5.41) is 3.19. The van der Waals surface area contributed by atoms with E-state index in [2.05, 4.69) is 46.0 Å². The molecular formula is C19H20N8S. The van der Waals surface area contributed by atoms with Crippen LogP contribution in [-0.4, -0.2) is 35.6 Å². The zero-order valence-corrected chi connectivity index (χ0v) is 16.4. The van der Waals surface area contributed by atoms with E-state index in [-0.39, 0.29) is 5.95 Å². The van der Waals surface area contributed by atoms with Crippen LogP contribution in [-0.2, 0) is 13.1 Å². The molecule has 0 bridgehead atoms. The second kappa shape index (κ2) is 7.83. The number of anilines is 3. The molecule has 28 heavy (non-hydrogen) atoms. The Hall–Kier alpha value is -3.17. The Labute approximate surface area is 166 Å². The van der Waals surface area contributed by atoms with E-state index >= 15 is 0 Å². The van der Waals surface area contributed by atoms with Crippen molar-refractivity contribution in [3.8, 4) is 0 Å². The molecule has 0 aliphatic carbocycles. The van der Waals surface area contributed by atoms with Gasteiger partial charge in [0, 0.05) is 12.2 Å². The van der Waals surface area contributed by atoms with Crippen molar-refractivity contribution in [3.05, 3.63) is 59.4 Å². The van der Waals surface area contributed by atoms with Crippen molar-refractivity contribution < 1.29 is 0 Å². The zero-order chi connectivity index (χ0) is 19.5. The molecule has 0 aliphatic heterocycles. The maximum atomic E-state index is 5.89. The van der Waals surface area contributed by atoms with Crippen LogP contribution >= 0.6 is 11.7 Å². The van der Waals surface area contributed by atoms with Crippen LogP contribution in [0.25, 0.3) is 11.0 Å². The zero-order valence-electron chi connectivity index (χ0n) is 15.6. The smallest absolute Gasteiger partial charge is 0.232 e. The Bertz CT molecular complexity index is 1110. The summed E-state index contributed by atoms with van der Waals surface area (Å²) in [4.78, 5) is 15.1. The second-order valence-corrected chi connectivity index (χ2v) is 7.22. The molecule has 0 spiro atoms. The van der Waals surface area contributed by atoms with E-state index in [0.717, 1.165) is 34.4 Å². The molecule has 0 amide bonds. The van der Waals surface area contributed by atoms with E-state index in [1.807, 2.05) is 44.3 Å². The lowest BCUT2D eigenvalue weighted by molar-refractivity contribution is 0.310.